The summed E-state index contributed by atoms with van der Waals surface area (Å²) in [5.41, 5.74) is 9.72. The van der Waals surface area contributed by atoms with Crippen molar-refractivity contribution in [3.05, 3.63) is 35.9 Å². The van der Waals surface area contributed by atoms with Crippen LogP contribution in [-0.2, 0) is 0 Å². The van der Waals surface area contributed by atoms with Gasteiger partial charge in [0, 0.05) is 16.8 Å². The van der Waals surface area contributed by atoms with Gasteiger partial charge in [-0.15, -0.1) is 0 Å². The molecular weight excluding hydrogens is 254 g/mol. The topological polar surface area (TPSA) is 53.7 Å². The molecule has 0 atom stereocenters. The molecule has 0 heterocycles. The number of aryl methyl sites for hydroxylation is 1. The van der Waals surface area contributed by atoms with Gasteiger partial charge in [0.1, 0.15) is 0 Å². The van der Waals surface area contributed by atoms with Crippen LogP contribution in [0.5, 0.6) is 17.2 Å². The van der Waals surface area contributed by atoms with Gasteiger partial charge in [0.05, 0.1) is 21.3 Å². The number of hydrogen-bond donors (Lipinski definition) is 1. The van der Waals surface area contributed by atoms with Gasteiger partial charge in [-0.25, -0.2) is 0 Å². The van der Waals surface area contributed by atoms with Crippen molar-refractivity contribution in [3.63, 3.8) is 0 Å². The molecule has 0 aromatic heterocycles. The van der Waals surface area contributed by atoms with Crippen LogP contribution in [0.25, 0.3) is 11.1 Å². The number of methoxy groups -OCH3 is 3. The van der Waals surface area contributed by atoms with E-state index in [1.807, 2.05) is 37.3 Å². The van der Waals surface area contributed by atoms with Gasteiger partial charge in [-0.05, 0) is 30.7 Å². The minimum Gasteiger partial charge on any atom is -0.493 e. The van der Waals surface area contributed by atoms with Gasteiger partial charge < -0.3 is 19.9 Å². The zero-order valence-electron chi connectivity index (χ0n) is 12.2. The highest BCUT2D eigenvalue weighted by Gasteiger charge is 2.18. The van der Waals surface area contributed by atoms with Crippen molar-refractivity contribution in [1.29, 1.82) is 0 Å². The van der Waals surface area contributed by atoms with Crippen LogP contribution in [0.3, 0.4) is 0 Å². The summed E-state index contributed by atoms with van der Waals surface area (Å²) < 4.78 is 16.2. The van der Waals surface area contributed by atoms with Crippen LogP contribution in [0.2, 0.25) is 0 Å². The SMILES string of the molecule is COc1ccc(-c2ccc(C)cc2N)c(OC)c1OC. The Morgan fingerprint density at radius 1 is 0.800 bits per heavy atom. The molecule has 0 aliphatic carbocycles. The molecule has 0 aliphatic rings. The first-order chi connectivity index (χ1) is 9.62. The molecule has 0 amide bonds. The number of benzene rings is 2. The average molecular weight is 273 g/mol. The molecule has 0 radical (unpaired) electrons. The number of nitrogen functional groups attached to an aromatic ring is 1. The van der Waals surface area contributed by atoms with E-state index in [1.54, 1.807) is 21.3 Å². The lowest BCUT2D eigenvalue weighted by Gasteiger charge is -2.17. The van der Waals surface area contributed by atoms with Gasteiger partial charge in [0.2, 0.25) is 5.75 Å². The second kappa shape index (κ2) is 5.74. The Balaban J connectivity index is 2.68. The van der Waals surface area contributed by atoms with E-state index in [0.717, 1.165) is 16.7 Å². The second-order valence-electron chi connectivity index (χ2n) is 4.47. The van der Waals surface area contributed by atoms with Crippen molar-refractivity contribution >= 4 is 5.69 Å². The number of rotatable bonds is 4. The molecular formula is C16H19NO3. The highest BCUT2D eigenvalue weighted by Crippen LogP contribution is 2.45. The van der Waals surface area contributed by atoms with Crippen LogP contribution in [0.4, 0.5) is 5.69 Å². The molecule has 0 aliphatic heterocycles. The third-order valence-electron chi connectivity index (χ3n) is 3.20. The molecule has 4 nitrogen and oxygen atoms in total. The zero-order chi connectivity index (χ0) is 14.7. The van der Waals surface area contributed by atoms with Gasteiger partial charge in [-0.1, -0.05) is 12.1 Å². The number of ether oxygens (including phenoxy) is 3. The van der Waals surface area contributed by atoms with Crippen LogP contribution >= 0.6 is 0 Å². The second-order valence-corrected chi connectivity index (χ2v) is 4.47. The van der Waals surface area contributed by atoms with Gasteiger partial charge in [0.25, 0.3) is 0 Å². The lowest BCUT2D eigenvalue weighted by Crippen LogP contribution is -1.98. The van der Waals surface area contributed by atoms with E-state index in [-0.39, 0.29) is 0 Å². The highest BCUT2D eigenvalue weighted by atomic mass is 16.5. The van der Waals surface area contributed by atoms with Crippen molar-refractivity contribution in [2.75, 3.05) is 27.1 Å². The number of nitrogens with two attached hydrogens (primary N) is 1. The van der Waals surface area contributed by atoms with Gasteiger partial charge in [0.15, 0.2) is 11.5 Å². The molecule has 2 aromatic rings. The molecule has 4 heteroatoms. The normalized spacial score (nSPS) is 10.2. The maximum absolute atomic E-state index is 6.11. The summed E-state index contributed by atoms with van der Waals surface area (Å²) in [6.45, 7) is 2.01. The Labute approximate surface area is 119 Å². The third kappa shape index (κ3) is 2.37. The van der Waals surface area contributed by atoms with Gasteiger partial charge in [-0.3, -0.25) is 0 Å². The minimum atomic E-state index is 0.562. The molecule has 0 unspecified atom stereocenters. The predicted octanol–water partition coefficient (Wildman–Crippen LogP) is 3.27. The molecule has 0 fully saturated rings. The first kappa shape index (κ1) is 14.1. The Kier molecular flexibility index (Phi) is 4.03. The lowest BCUT2D eigenvalue weighted by molar-refractivity contribution is 0.325. The number of hydrogen-bond acceptors (Lipinski definition) is 4. The van der Waals surface area contributed by atoms with Crippen molar-refractivity contribution in [1.82, 2.24) is 0 Å². The largest absolute Gasteiger partial charge is 0.493 e. The first-order valence-electron chi connectivity index (χ1n) is 6.27. The summed E-state index contributed by atoms with van der Waals surface area (Å²) >= 11 is 0. The monoisotopic (exact) mass is 273 g/mol. The molecule has 0 saturated heterocycles. The number of anilines is 1. The lowest BCUT2D eigenvalue weighted by atomic mass is 10.0. The molecule has 2 aromatic carbocycles. The van der Waals surface area contributed by atoms with E-state index in [1.165, 1.54) is 0 Å². The van der Waals surface area contributed by atoms with Gasteiger partial charge in [-0.2, -0.15) is 0 Å². The van der Waals surface area contributed by atoms with E-state index < -0.39 is 0 Å². The summed E-state index contributed by atoms with van der Waals surface area (Å²) in [5.74, 6) is 1.80. The molecule has 0 spiro atoms. The van der Waals surface area contributed by atoms with E-state index >= 15 is 0 Å². The fraction of sp³-hybridized carbons (Fsp3) is 0.250. The van der Waals surface area contributed by atoms with Crippen LogP contribution in [0, 0.1) is 6.92 Å². The Hall–Kier alpha value is -2.36. The summed E-state index contributed by atoms with van der Waals surface area (Å²) in [6.07, 6.45) is 0. The Bertz CT molecular complexity index is 623. The molecule has 0 saturated carbocycles. The Morgan fingerprint density at radius 3 is 2.00 bits per heavy atom. The van der Waals surface area contributed by atoms with Crippen molar-refractivity contribution < 1.29 is 14.2 Å². The first-order valence-corrected chi connectivity index (χ1v) is 6.27. The minimum absolute atomic E-state index is 0.562. The van der Waals surface area contributed by atoms with Crippen LogP contribution in [0.1, 0.15) is 5.56 Å². The fourth-order valence-electron chi connectivity index (χ4n) is 2.24. The quantitative estimate of drug-likeness (QED) is 0.869. The fourth-order valence-corrected chi connectivity index (χ4v) is 2.24. The van der Waals surface area contributed by atoms with Crippen molar-refractivity contribution in [2.24, 2.45) is 0 Å². The average Bonchev–Trinajstić information content (AvgIpc) is 2.45. The summed E-state index contributed by atoms with van der Waals surface area (Å²) in [6, 6.07) is 9.69. The molecule has 2 N–H and O–H groups in total. The maximum atomic E-state index is 6.11. The van der Waals surface area contributed by atoms with E-state index in [4.69, 9.17) is 19.9 Å². The maximum Gasteiger partial charge on any atom is 0.203 e. The van der Waals surface area contributed by atoms with E-state index in [2.05, 4.69) is 0 Å². The zero-order valence-corrected chi connectivity index (χ0v) is 12.2. The smallest absolute Gasteiger partial charge is 0.203 e. The van der Waals surface area contributed by atoms with Crippen LogP contribution in [-0.4, -0.2) is 21.3 Å². The summed E-state index contributed by atoms with van der Waals surface area (Å²) in [5, 5.41) is 0. The van der Waals surface area contributed by atoms with Crippen LogP contribution < -0.4 is 19.9 Å². The van der Waals surface area contributed by atoms with Crippen molar-refractivity contribution in [3.8, 4) is 28.4 Å². The third-order valence-corrected chi connectivity index (χ3v) is 3.20. The molecule has 106 valence electrons. The van der Waals surface area contributed by atoms with Crippen LogP contribution in [0.15, 0.2) is 30.3 Å². The molecule has 0 bridgehead atoms. The van der Waals surface area contributed by atoms with Crippen molar-refractivity contribution in [2.45, 2.75) is 6.92 Å². The summed E-state index contributed by atoms with van der Waals surface area (Å²) in [4.78, 5) is 0. The molecule has 2 rings (SSSR count). The van der Waals surface area contributed by atoms with Gasteiger partial charge >= 0.3 is 0 Å². The van der Waals surface area contributed by atoms with E-state index in [0.29, 0.717) is 22.9 Å². The summed E-state index contributed by atoms with van der Waals surface area (Å²) in [7, 11) is 4.78. The standard InChI is InChI=1S/C16H19NO3/c1-10-5-6-11(13(17)9-10)12-7-8-14(18-2)16(20-4)15(12)19-3/h5-9H,17H2,1-4H3. The van der Waals surface area contributed by atoms with E-state index in [9.17, 15) is 0 Å². The highest BCUT2D eigenvalue weighted by molar-refractivity contribution is 5.83. The predicted molar refractivity (Wildman–Crippen MR) is 80.7 cm³/mol. The molecule has 20 heavy (non-hydrogen) atoms. The Morgan fingerprint density at radius 2 is 1.45 bits per heavy atom.